The molecule has 0 saturated carbocycles. The summed E-state index contributed by atoms with van der Waals surface area (Å²) in [6, 6.07) is 15.1. The van der Waals surface area contributed by atoms with Crippen LogP contribution in [0.3, 0.4) is 0 Å². The van der Waals surface area contributed by atoms with Crippen LogP contribution in [-0.2, 0) is 6.42 Å². The standard InChI is InChI=1S/C17H17N/c1-12-6-3-4-9-15(12)17-16-13(2)7-5-8-14(16)10-11-18-17/h3-9H,10-11H2,1-2H3. The van der Waals surface area contributed by atoms with Crippen LogP contribution in [0.2, 0.25) is 0 Å². The molecule has 1 nitrogen and oxygen atoms in total. The zero-order valence-corrected chi connectivity index (χ0v) is 10.9. The van der Waals surface area contributed by atoms with Gasteiger partial charge in [0.2, 0.25) is 0 Å². The third-order valence-corrected chi connectivity index (χ3v) is 3.65. The molecule has 0 aliphatic carbocycles. The topological polar surface area (TPSA) is 12.4 Å². The van der Waals surface area contributed by atoms with Crippen LogP contribution in [0.15, 0.2) is 47.5 Å². The molecule has 2 aromatic carbocycles. The highest BCUT2D eigenvalue weighted by Crippen LogP contribution is 2.25. The predicted octanol–water partition coefficient (Wildman–Crippen LogP) is 3.70. The number of fused-ring (bicyclic) bond motifs is 1. The third kappa shape index (κ3) is 1.76. The van der Waals surface area contributed by atoms with Crippen LogP contribution >= 0.6 is 0 Å². The van der Waals surface area contributed by atoms with Crippen LogP contribution in [0.25, 0.3) is 0 Å². The minimum atomic E-state index is 0.903. The SMILES string of the molecule is Cc1ccccc1C1=NCCc2cccc(C)c21. The van der Waals surface area contributed by atoms with Crippen molar-refractivity contribution < 1.29 is 0 Å². The Morgan fingerprint density at radius 1 is 0.889 bits per heavy atom. The highest BCUT2D eigenvalue weighted by molar-refractivity contribution is 6.15. The van der Waals surface area contributed by atoms with Crippen molar-refractivity contribution in [2.45, 2.75) is 20.3 Å². The summed E-state index contributed by atoms with van der Waals surface area (Å²) in [5.41, 5.74) is 7.85. The van der Waals surface area contributed by atoms with Gasteiger partial charge in [0.15, 0.2) is 0 Å². The monoisotopic (exact) mass is 235 g/mol. The molecule has 1 aliphatic rings. The Morgan fingerprint density at radius 2 is 1.67 bits per heavy atom. The first-order valence-electron chi connectivity index (χ1n) is 6.46. The van der Waals surface area contributed by atoms with Crippen molar-refractivity contribution in [3.8, 4) is 0 Å². The molecular formula is C17H17N. The van der Waals surface area contributed by atoms with Gasteiger partial charge < -0.3 is 0 Å². The number of aryl methyl sites for hydroxylation is 2. The maximum Gasteiger partial charge on any atom is 0.0727 e. The van der Waals surface area contributed by atoms with E-state index in [9.17, 15) is 0 Å². The molecule has 0 radical (unpaired) electrons. The summed E-state index contributed by atoms with van der Waals surface area (Å²) in [4.78, 5) is 4.78. The van der Waals surface area contributed by atoms with Crippen LogP contribution < -0.4 is 0 Å². The molecule has 1 aliphatic heterocycles. The molecule has 0 amide bonds. The highest BCUT2D eigenvalue weighted by Gasteiger charge is 2.18. The van der Waals surface area contributed by atoms with Crippen molar-refractivity contribution >= 4 is 5.71 Å². The Hall–Kier alpha value is -1.89. The second-order valence-electron chi connectivity index (χ2n) is 4.90. The first kappa shape index (κ1) is 11.2. The van der Waals surface area contributed by atoms with Crippen molar-refractivity contribution in [1.82, 2.24) is 0 Å². The second kappa shape index (κ2) is 4.41. The molecule has 0 spiro atoms. The van der Waals surface area contributed by atoms with E-state index in [4.69, 9.17) is 4.99 Å². The number of hydrogen-bond donors (Lipinski definition) is 0. The minimum Gasteiger partial charge on any atom is -0.284 e. The summed E-state index contributed by atoms with van der Waals surface area (Å²) in [5, 5.41) is 0. The van der Waals surface area contributed by atoms with Gasteiger partial charge in [-0.15, -0.1) is 0 Å². The fraction of sp³-hybridized carbons (Fsp3) is 0.235. The first-order chi connectivity index (χ1) is 8.77. The van der Waals surface area contributed by atoms with Gasteiger partial charge in [-0.2, -0.15) is 0 Å². The average molecular weight is 235 g/mol. The van der Waals surface area contributed by atoms with Crippen LogP contribution in [0.4, 0.5) is 0 Å². The molecule has 0 saturated heterocycles. The quantitative estimate of drug-likeness (QED) is 0.714. The van der Waals surface area contributed by atoms with Crippen molar-refractivity contribution in [1.29, 1.82) is 0 Å². The van der Waals surface area contributed by atoms with E-state index in [0.29, 0.717) is 0 Å². The van der Waals surface area contributed by atoms with E-state index in [1.165, 1.54) is 33.5 Å². The van der Waals surface area contributed by atoms with Crippen molar-refractivity contribution in [2.75, 3.05) is 6.54 Å². The first-order valence-corrected chi connectivity index (χ1v) is 6.46. The summed E-state index contributed by atoms with van der Waals surface area (Å²) in [6.07, 6.45) is 1.06. The van der Waals surface area contributed by atoms with E-state index in [-0.39, 0.29) is 0 Å². The molecule has 18 heavy (non-hydrogen) atoms. The van der Waals surface area contributed by atoms with Crippen molar-refractivity contribution in [2.24, 2.45) is 4.99 Å². The fourth-order valence-corrected chi connectivity index (χ4v) is 2.70. The molecule has 0 N–H and O–H groups in total. The number of hydrogen-bond acceptors (Lipinski definition) is 1. The Morgan fingerprint density at radius 3 is 2.50 bits per heavy atom. The van der Waals surface area contributed by atoms with Gasteiger partial charge in [-0.1, -0.05) is 42.5 Å². The van der Waals surface area contributed by atoms with Crippen molar-refractivity contribution in [3.05, 3.63) is 70.3 Å². The van der Waals surface area contributed by atoms with Crippen LogP contribution in [-0.4, -0.2) is 12.3 Å². The van der Waals surface area contributed by atoms with Gasteiger partial charge >= 0.3 is 0 Å². The maximum absolute atomic E-state index is 4.78. The van der Waals surface area contributed by atoms with E-state index in [2.05, 4.69) is 56.3 Å². The molecule has 1 heterocycles. The Labute approximate surface area is 108 Å². The Bertz CT molecular complexity index is 623. The average Bonchev–Trinajstić information content (AvgIpc) is 2.39. The van der Waals surface area contributed by atoms with Crippen LogP contribution in [0.1, 0.15) is 27.8 Å². The van der Waals surface area contributed by atoms with Gasteiger partial charge in [-0.25, -0.2) is 0 Å². The second-order valence-corrected chi connectivity index (χ2v) is 4.90. The van der Waals surface area contributed by atoms with Crippen LogP contribution in [0.5, 0.6) is 0 Å². The van der Waals surface area contributed by atoms with E-state index < -0.39 is 0 Å². The van der Waals surface area contributed by atoms with Gasteiger partial charge in [0.25, 0.3) is 0 Å². The molecule has 0 atom stereocenters. The zero-order chi connectivity index (χ0) is 12.5. The fourth-order valence-electron chi connectivity index (χ4n) is 2.70. The largest absolute Gasteiger partial charge is 0.284 e. The summed E-state index contributed by atoms with van der Waals surface area (Å²) in [6.45, 7) is 5.24. The van der Waals surface area contributed by atoms with Gasteiger partial charge in [0.05, 0.1) is 5.71 Å². The third-order valence-electron chi connectivity index (χ3n) is 3.65. The maximum atomic E-state index is 4.78. The molecule has 0 bridgehead atoms. The number of benzene rings is 2. The predicted molar refractivity (Wildman–Crippen MR) is 76.6 cm³/mol. The summed E-state index contributed by atoms with van der Waals surface area (Å²) >= 11 is 0. The smallest absolute Gasteiger partial charge is 0.0727 e. The zero-order valence-electron chi connectivity index (χ0n) is 10.9. The lowest BCUT2D eigenvalue weighted by Crippen LogP contribution is -2.16. The van der Waals surface area contributed by atoms with E-state index >= 15 is 0 Å². The number of nitrogens with zero attached hydrogens (tertiary/aromatic N) is 1. The lowest BCUT2D eigenvalue weighted by molar-refractivity contribution is 0.939. The van der Waals surface area contributed by atoms with Gasteiger partial charge in [0.1, 0.15) is 0 Å². The molecule has 2 aromatic rings. The Balaban J connectivity index is 2.22. The minimum absolute atomic E-state index is 0.903. The van der Waals surface area contributed by atoms with Crippen LogP contribution in [0, 0.1) is 13.8 Å². The van der Waals surface area contributed by atoms with E-state index in [1.807, 2.05) is 0 Å². The molecule has 3 rings (SSSR count). The van der Waals surface area contributed by atoms with E-state index in [1.54, 1.807) is 0 Å². The highest BCUT2D eigenvalue weighted by atomic mass is 14.8. The molecular weight excluding hydrogens is 218 g/mol. The number of rotatable bonds is 1. The molecule has 0 aromatic heterocycles. The van der Waals surface area contributed by atoms with Crippen molar-refractivity contribution in [3.63, 3.8) is 0 Å². The lowest BCUT2D eigenvalue weighted by Gasteiger charge is -2.20. The molecule has 90 valence electrons. The summed E-state index contributed by atoms with van der Waals surface area (Å²) in [7, 11) is 0. The van der Waals surface area contributed by atoms with Gasteiger partial charge in [-0.05, 0) is 37.0 Å². The van der Waals surface area contributed by atoms with Gasteiger partial charge in [0, 0.05) is 17.7 Å². The molecule has 1 heteroatoms. The summed E-state index contributed by atoms with van der Waals surface area (Å²) in [5.74, 6) is 0. The molecule has 0 fully saturated rings. The lowest BCUT2D eigenvalue weighted by atomic mass is 9.88. The normalized spacial score (nSPS) is 14.0. The molecule has 0 unspecified atom stereocenters. The number of aliphatic imine (C=N–C) groups is 1. The Kier molecular flexibility index (Phi) is 2.75. The van der Waals surface area contributed by atoms with Gasteiger partial charge in [-0.3, -0.25) is 4.99 Å². The summed E-state index contributed by atoms with van der Waals surface area (Å²) < 4.78 is 0. The van der Waals surface area contributed by atoms with E-state index in [0.717, 1.165) is 13.0 Å².